The summed E-state index contributed by atoms with van der Waals surface area (Å²) in [6.07, 6.45) is -2.37. The van der Waals surface area contributed by atoms with Gasteiger partial charge in [-0.05, 0) is 39.9 Å². The van der Waals surface area contributed by atoms with Gasteiger partial charge in [0.2, 0.25) is 0 Å². The number of hydrogen-bond acceptors (Lipinski definition) is 6. The number of aliphatic hydroxyl groups excluding tert-OH is 2. The maximum Gasteiger partial charge on any atom is 0.407 e. The first-order valence-corrected chi connectivity index (χ1v) is 12.4. The number of aliphatic hydroxyl groups is 2. The third kappa shape index (κ3) is 4.93. The van der Waals surface area contributed by atoms with Crippen LogP contribution in [0, 0.1) is 0 Å². The number of carbonyl (C=O) groups excluding carboxylic acids is 1. The number of ether oxygens (including phenoxy) is 1. The van der Waals surface area contributed by atoms with Crippen molar-refractivity contribution in [1.29, 1.82) is 0 Å². The number of hydrogen-bond donors (Lipinski definition) is 3. The zero-order valence-corrected chi connectivity index (χ0v) is 18.8. The largest absolute Gasteiger partial charge is 0.449 e. The number of carbonyl (C=O) groups is 1. The molecule has 0 fully saturated rings. The Balaban J connectivity index is 1.35. The standard InChI is InChI=1S/C25H25NO6S/c1-33(30,31)17-8-6-7-16(13-17)24(28)23(27)14-26-25(29)32-15-22-20-11-4-2-9-18(20)19-10-3-5-12-21(19)22/h2-13,22-24,27-28H,14-15H2,1H3,(H,26,29). The molecule has 3 aromatic rings. The second kappa shape index (κ2) is 9.35. The summed E-state index contributed by atoms with van der Waals surface area (Å²) in [6.45, 7) is -0.129. The molecule has 0 bridgehead atoms. The van der Waals surface area contributed by atoms with Crippen LogP contribution in [0.25, 0.3) is 11.1 Å². The fourth-order valence-electron chi connectivity index (χ4n) is 4.10. The monoisotopic (exact) mass is 467 g/mol. The van der Waals surface area contributed by atoms with Crippen LogP contribution in [0.2, 0.25) is 0 Å². The highest BCUT2D eigenvalue weighted by atomic mass is 32.2. The quantitative estimate of drug-likeness (QED) is 0.492. The molecule has 0 aliphatic heterocycles. The third-order valence-corrected chi connectivity index (χ3v) is 6.90. The highest BCUT2D eigenvalue weighted by Crippen LogP contribution is 2.44. The van der Waals surface area contributed by atoms with Gasteiger partial charge in [0.25, 0.3) is 0 Å². The molecule has 33 heavy (non-hydrogen) atoms. The van der Waals surface area contributed by atoms with Gasteiger partial charge in [-0.15, -0.1) is 0 Å². The van der Waals surface area contributed by atoms with E-state index in [1.165, 1.54) is 24.3 Å². The van der Waals surface area contributed by atoms with Crippen LogP contribution < -0.4 is 5.32 Å². The minimum Gasteiger partial charge on any atom is -0.449 e. The molecule has 8 heteroatoms. The van der Waals surface area contributed by atoms with Gasteiger partial charge in [-0.25, -0.2) is 13.2 Å². The average Bonchev–Trinajstić information content (AvgIpc) is 3.14. The average molecular weight is 468 g/mol. The van der Waals surface area contributed by atoms with Gasteiger partial charge in [0.1, 0.15) is 18.8 Å². The molecule has 0 spiro atoms. The Kier molecular flexibility index (Phi) is 6.51. The summed E-state index contributed by atoms with van der Waals surface area (Å²) in [5, 5.41) is 23.1. The van der Waals surface area contributed by atoms with Gasteiger partial charge in [0, 0.05) is 18.7 Å². The Hall–Kier alpha value is -3.20. The van der Waals surface area contributed by atoms with Crippen LogP contribution in [0.4, 0.5) is 4.79 Å². The van der Waals surface area contributed by atoms with Crippen molar-refractivity contribution in [2.45, 2.75) is 23.0 Å². The fourth-order valence-corrected chi connectivity index (χ4v) is 4.78. The fraction of sp³-hybridized carbons (Fsp3) is 0.240. The molecule has 2 unspecified atom stereocenters. The van der Waals surface area contributed by atoms with Crippen molar-refractivity contribution < 1.29 is 28.2 Å². The minimum absolute atomic E-state index is 0.0377. The normalized spacial score (nSPS) is 14.8. The van der Waals surface area contributed by atoms with E-state index in [4.69, 9.17) is 4.74 Å². The molecule has 1 aliphatic rings. The molecule has 1 amide bonds. The Labute approximate surface area is 192 Å². The Morgan fingerprint density at radius 1 is 0.970 bits per heavy atom. The zero-order valence-electron chi connectivity index (χ0n) is 18.0. The lowest BCUT2D eigenvalue weighted by Gasteiger charge is -2.20. The highest BCUT2D eigenvalue weighted by molar-refractivity contribution is 7.90. The Morgan fingerprint density at radius 2 is 1.58 bits per heavy atom. The van der Waals surface area contributed by atoms with Gasteiger partial charge in [0.05, 0.1) is 4.90 Å². The molecule has 0 saturated carbocycles. The van der Waals surface area contributed by atoms with Crippen LogP contribution >= 0.6 is 0 Å². The van der Waals surface area contributed by atoms with Crippen molar-refractivity contribution in [2.75, 3.05) is 19.4 Å². The summed E-state index contributed by atoms with van der Waals surface area (Å²) in [6, 6.07) is 21.7. The van der Waals surface area contributed by atoms with Gasteiger partial charge < -0.3 is 20.3 Å². The SMILES string of the molecule is CS(=O)(=O)c1cccc(C(O)C(O)CNC(=O)OCC2c3ccccc3-c3ccccc32)c1. The number of fused-ring (bicyclic) bond motifs is 3. The van der Waals surface area contributed by atoms with Gasteiger partial charge in [-0.1, -0.05) is 60.7 Å². The minimum atomic E-state index is -3.45. The number of benzene rings is 3. The molecule has 172 valence electrons. The highest BCUT2D eigenvalue weighted by Gasteiger charge is 2.29. The van der Waals surface area contributed by atoms with E-state index >= 15 is 0 Å². The summed E-state index contributed by atoms with van der Waals surface area (Å²) in [4.78, 5) is 12.3. The van der Waals surface area contributed by atoms with Crippen molar-refractivity contribution in [3.8, 4) is 11.1 Å². The lowest BCUT2D eigenvalue weighted by Crippen LogP contribution is -2.36. The smallest absolute Gasteiger partial charge is 0.407 e. The van der Waals surface area contributed by atoms with E-state index in [0.29, 0.717) is 0 Å². The number of rotatable bonds is 7. The lowest BCUT2D eigenvalue weighted by molar-refractivity contribution is 0.0184. The van der Waals surface area contributed by atoms with Crippen LogP contribution in [0.15, 0.2) is 77.7 Å². The van der Waals surface area contributed by atoms with Gasteiger partial charge in [-0.3, -0.25) is 0 Å². The van der Waals surface area contributed by atoms with Crippen LogP contribution in [-0.2, 0) is 14.6 Å². The predicted octanol–water partition coefficient (Wildman–Crippen LogP) is 3.02. The summed E-state index contributed by atoms with van der Waals surface area (Å²) in [5.41, 5.74) is 4.66. The summed E-state index contributed by atoms with van der Waals surface area (Å²) in [5.74, 6) is -0.0857. The van der Waals surface area contributed by atoms with Gasteiger partial charge in [-0.2, -0.15) is 0 Å². The molecular weight excluding hydrogens is 442 g/mol. The molecular formula is C25H25NO6S. The molecule has 0 aromatic heterocycles. The molecule has 1 aliphatic carbocycles. The van der Waals surface area contributed by atoms with E-state index < -0.39 is 28.1 Å². The van der Waals surface area contributed by atoms with Crippen LogP contribution in [0.3, 0.4) is 0 Å². The zero-order chi connectivity index (χ0) is 23.6. The van der Waals surface area contributed by atoms with E-state index in [1.54, 1.807) is 0 Å². The Morgan fingerprint density at radius 3 is 2.18 bits per heavy atom. The molecule has 0 radical (unpaired) electrons. The molecule has 0 saturated heterocycles. The van der Waals surface area contributed by atoms with Gasteiger partial charge >= 0.3 is 6.09 Å². The molecule has 0 heterocycles. The number of sulfone groups is 1. The molecule has 7 nitrogen and oxygen atoms in total. The number of alkyl carbamates (subject to hydrolysis) is 1. The Bertz CT molecular complexity index is 1230. The molecule has 4 rings (SSSR count). The van der Waals surface area contributed by atoms with E-state index in [9.17, 15) is 23.4 Å². The summed E-state index contributed by atoms with van der Waals surface area (Å²) in [7, 11) is -3.45. The first-order valence-electron chi connectivity index (χ1n) is 10.5. The van der Waals surface area contributed by atoms with Crippen LogP contribution in [0.1, 0.15) is 28.7 Å². The van der Waals surface area contributed by atoms with Crippen molar-refractivity contribution in [3.05, 3.63) is 89.5 Å². The summed E-state index contributed by atoms with van der Waals surface area (Å²) < 4.78 is 28.8. The van der Waals surface area contributed by atoms with Gasteiger partial charge in [0.15, 0.2) is 9.84 Å². The van der Waals surface area contributed by atoms with E-state index in [1.807, 2.05) is 48.5 Å². The molecule has 2 atom stereocenters. The number of amides is 1. The maximum absolute atomic E-state index is 12.3. The molecule has 3 aromatic carbocycles. The lowest BCUT2D eigenvalue weighted by atomic mass is 9.98. The van der Waals surface area contributed by atoms with E-state index in [2.05, 4.69) is 5.32 Å². The van der Waals surface area contributed by atoms with Crippen LogP contribution in [0.5, 0.6) is 0 Å². The second-order valence-electron chi connectivity index (χ2n) is 8.06. The maximum atomic E-state index is 12.3. The topological polar surface area (TPSA) is 113 Å². The van der Waals surface area contributed by atoms with Crippen molar-refractivity contribution in [1.82, 2.24) is 5.32 Å². The first kappa shape index (κ1) is 23.0. The third-order valence-electron chi connectivity index (χ3n) is 5.79. The summed E-state index contributed by atoms with van der Waals surface area (Å²) >= 11 is 0. The van der Waals surface area contributed by atoms with E-state index in [0.717, 1.165) is 28.5 Å². The number of nitrogens with one attached hydrogen (secondary N) is 1. The van der Waals surface area contributed by atoms with E-state index in [-0.39, 0.29) is 29.5 Å². The second-order valence-corrected chi connectivity index (χ2v) is 10.1. The molecule has 3 N–H and O–H groups in total. The van der Waals surface area contributed by atoms with Crippen molar-refractivity contribution in [2.24, 2.45) is 0 Å². The predicted molar refractivity (Wildman–Crippen MR) is 124 cm³/mol. The van der Waals surface area contributed by atoms with Crippen molar-refractivity contribution in [3.63, 3.8) is 0 Å². The van der Waals surface area contributed by atoms with Crippen molar-refractivity contribution >= 4 is 15.9 Å². The first-order chi connectivity index (χ1) is 15.8. The van der Waals surface area contributed by atoms with Crippen LogP contribution in [-0.4, -0.2) is 50.2 Å².